The number of hydrogen-bond donors (Lipinski definition) is 2. The molecule has 0 saturated heterocycles. The summed E-state index contributed by atoms with van der Waals surface area (Å²) in [6, 6.07) is 13.6. The zero-order chi connectivity index (χ0) is 22.1. The van der Waals surface area contributed by atoms with Gasteiger partial charge in [-0.1, -0.05) is 19.1 Å². The van der Waals surface area contributed by atoms with Crippen LogP contribution in [0.15, 0.2) is 59.6 Å². The highest BCUT2D eigenvalue weighted by molar-refractivity contribution is 5.92. The molecule has 7 heteroatoms. The molecule has 0 radical (unpaired) electrons. The van der Waals surface area contributed by atoms with Crippen LogP contribution in [-0.4, -0.2) is 35.3 Å². The third-order valence-electron chi connectivity index (χ3n) is 4.62. The lowest BCUT2D eigenvalue weighted by molar-refractivity contribution is -0.127. The molecule has 1 unspecified atom stereocenters. The first-order valence-electron chi connectivity index (χ1n) is 9.84. The molecule has 0 heterocycles. The molecule has 0 aliphatic carbocycles. The Labute approximate surface area is 177 Å². The Bertz CT molecular complexity index is 914. The van der Waals surface area contributed by atoms with Gasteiger partial charge in [-0.05, 0) is 68.3 Å². The molecule has 7 nitrogen and oxygen atoms in total. The Hall–Kier alpha value is -3.61. The first-order chi connectivity index (χ1) is 14.3. The smallest absolute Gasteiger partial charge is 0.343 e. The normalized spacial score (nSPS) is 11.7. The van der Waals surface area contributed by atoms with Gasteiger partial charge in [0.25, 0.3) is 0 Å². The molecule has 0 spiro atoms. The molecule has 0 aliphatic rings. The minimum Gasteiger partial charge on any atom is -0.423 e. The van der Waals surface area contributed by atoms with Crippen molar-refractivity contribution in [1.82, 2.24) is 4.90 Å². The zero-order valence-corrected chi connectivity index (χ0v) is 17.5. The number of carbonyl (C=O) groups is 2. The topological polar surface area (TPSA) is 111 Å². The first-order valence-corrected chi connectivity index (χ1v) is 9.84. The van der Waals surface area contributed by atoms with Crippen molar-refractivity contribution in [3.63, 3.8) is 0 Å². The molecular weight excluding hydrogens is 380 g/mol. The summed E-state index contributed by atoms with van der Waals surface area (Å²) in [4.78, 5) is 30.3. The maximum atomic E-state index is 12.3. The quantitative estimate of drug-likeness (QED) is 0.228. The van der Waals surface area contributed by atoms with Gasteiger partial charge in [-0.2, -0.15) is 0 Å². The summed E-state index contributed by atoms with van der Waals surface area (Å²) < 4.78 is 5.38. The lowest BCUT2D eigenvalue weighted by Crippen LogP contribution is -2.36. The molecular formula is C23H28N4O3. The van der Waals surface area contributed by atoms with Gasteiger partial charge in [0.05, 0.1) is 11.3 Å². The van der Waals surface area contributed by atoms with Crippen molar-refractivity contribution < 1.29 is 14.3 Å². The van der Waals surface area contributed by atoms with Crippen LogP contribution >= 0.6 is 0 Å². The number of benzene rings is 2. The Morgan fingerprint density at radius 3 is 2.23 bits per heavy atom. The summed E-state index contributed by atoms with van der Waals surface area (Å²) in [6.45, 7) is 6.73. The molecule has 0 bridgehead atoms. The summed E-state index contributed by atoms with van der Waals surface area (Å²) in [7, 11) is 0. The minimum absolute atomic E-state index is 0.0217. The molecule has 0 aromatic heterocycles. The number of nitrogens with two attached hydrogens (primary N) is 2. The van der Waals surface area contributed by atoms with E-state index in [1.165, 1.54) is 0 Å². The van der Waals surface area contributed by atoms with Crippen LogP contribution in [0, 0.1) is 0 Å². The second-order valence-corrected chi connectivity index (χ2v) is 6.76. The molecule has 2 aromatic carbocycles. The van der Waals surface area contributed by atoms with E-state index in [0.29, 0.717) is 23.5 Å². The van der Waals surface area contributed by atoms with E-state index in [1.807, 2.05) is 18.7 Å². The lowest BCUT2D eigenvalue weighted by Gasteiger charge is -2.25. The number of likely N-dealkylation sites (N-methyl/N-ethyl adjacent to an activating group) is 1. The molecule has 1 atom stereocenters. The van der Waals surface area contributed by atoms with Gasteiger partial charge in [0.2, 0.25) is 5.91 Å². The zero-order valence-electron chi connectivity index (χ0n) is 17.5. The highest BCUT2D eigenvalue weighted by Crippen LogP contribution is 2.17. The van der Waals surface area contributed by atoms with E-state index >= 15 is 0 Å². The third-order valence-corrected chi connectivity index (χ3v) is 4.62. The number of ether oxygens (including phenoxy) is 1. The van der Waals surface area contributed by atoms with Crippen LogP contribution in [0.2, 0.25) is 0 Å². The van der Waals surface area contributed by atoms with Gasteiger partial charge in [-0.15, -0.1) is 0 Å². The first kappa shape index (κ1) is 22.7. The van der Waals surface area contributed by atoms with E-state index in [1.54, 1.807) is 60.7 Å². The van der Waals surface area contributed by atoms with E-state index in [4.69, 9.17) is 16.2 Å². The summed E-state index contributed by atoms with van der Waals surface area (Å²) in [5.74, 6) is -0.154. The van der Waals surface area contributed by atoms with Crippen LogP contribution in [0.4, 0.5) is 5.69 Å². The molecule has 2 rings (SSSR count). The van der Waals surface area contributed by atoms with Crippen LogP contribution in [0.1, 0.15) is 43.1 Å². The van der Waals surface area contributed by atoms with Crippen molar-refractivity contribution in [3.8, 4) is 5.75 Å². The number of guanidine groups is 1. The van der Waals surface area contributed by atoms with Crippen LogP contribution < -0.4 is 16.2 Å². The minimum atomic E-state index is -0.489. The van der Waals surface area contributed by atoms with Crippen LogP contribution in [-0.2, 0) is 4.79 Å². The van der Waals surface area contributed by atoms with Crippen molar-refractivity contribution in [2.75, 3.05) is 6.54 Å². The molecule has 0 saturated carbocycles. The summed E-state index contributed by atoms with van der Waals surface area (Å²) in [5.41, 5.74) is 12.4. The molecule has 2 aromatic rings. The number of nitrogens with zero attached hydrogens (tertiary/aromatic N) is 2. The highest BCUT2D eigenvalue weighted by Gasteiger charge is 2.14. The Morgan fingerprint density at radius 1 is 1.07 bits per heavy atom. The third kappa shape index (κ3) is 6.48. The van der Waals surface area contributed by atoms with Gasteiger partial charge < -0.3 is 21.1 Å². The number of hydrogen-bond acceptors (Lipinski definition) is 4. The van der Waals surface area contributed by atoms with E-state index in [2.05, 4.69) is 11.9 Å². The van der Waals surface area contributed by atoms with Gasteiger partial charge in [-0.3, -0.25) is 4.79 Å². The second-order valence-electron chi connectivity index (χ2n) is 6.76. The van der Waals surface area contributed by atoms with Crippen LogP contribution in [0.25, 0.3) is 6.08 Å². The Balaban J connectivity index is 1.99. The number of amides is 1. The van der Waals surface area contributed by atoms with E-state index in [-0.39, 0.29) is 17.9 Å². The van der Waals surface area contributed by atoms with Crippen molar-refractivity contribution in [1.29, 1.82) is 0 Å². The fraction of sp³-hybridized carbons (Fsp3) is 0.261. The van der Waals surface area contributed by atoms with Crippen molar-refractivity contribution in [2.45, 2.75) is 33.2 Å². The van der Waals surface area contributed by atoms with Crippen molar-refractivity contribution in [2.24, 2.45) is 16.5 Å². The fourth-order valence-electron chi connectivity index (χ4n) is 2.80. The van der Waals surface area contributed by atoms with E-state index in [0.717, 1.165) is 12.0 Å². The van der Waals surface area contributed by atoms with E-state index in [9.17, 15) is 9.59 Å². The summed E-state index contributed by atoms with van der Waals surface area (Å²) >= 11 is 0. The number of carbonyl (C=O) groups excluding carboxylic acids is 2. The fourth-order valence-corrected chi connectivity index (χ4v) is 2.80. The van der Waals surface area contributed by atoms with Crippen molar-refractivity contribution in [3.05, 3.63) is 65.7 Å². The summed E-state index contributed by atoms with van der Waals surface area (Å²) in [6.07, 6.45) is 4.22. The predicted molar refractivity (Wildman–Crippen MR) is 119 cm³/mol. The van der Waals surface area contributed by atoms with Gasteiger partial charge >= 0.3 is 5.97 Å². The highest BCUT2D eigenvalue weighted by atomic mass is 16.5. The largest absolute Gasteiger partial charge is 0.423 e. The predicted octanol–water partition coefficient (Wildman–Crippen LogP) is 3.47. The molecule has 30 heavy (non-hydrogen) atoms. The van der Waals surface area contributed by atoms with Crippen LogP contribution in [0.3, 0.4) is 0 Å². The van der Waals surface area contributed by atoms with Crippen LogP contribution in [0.5, 0.6) is 5.75 Å². The van der Waals surface area contributed by atoms with Gasteiger partial charge in [-0.25, -0.2) is 9.79 Å². The average Bonchev–Trinajstić information content (AvgIpc) is 2.73. The maximum Gasteiger partial charge on any atom is 0.343 e. The monoisotopic (exact) mass is 408 g/mol. The van der Waals surface area contributed by atoms with Gasteiger partial charge in [0.15, 0.2) is 5.96 Å². The number of esters is 1. The Morgan fingerprint density at radius 2 is 1.70 bits per heavy atom. The number of aliphatic imine (C=N–C) groups is 1. The molecule has 0 aliphatic heterocycles. The van der Waals surface area contributed by atoms with E-state index < -0.39 is 5.97 Å². The molecule has 1 amide bonds. The maximum absolute atomic E-state index is 12.3. The van der Waals surface area contributed by atoms with Gasteiger partial charge in [0.1, 0.15) is 5.75 Å². The lowest BCUT2D eigenvalue weighted by atomic mass is 10.1. The van der Waals surface area contributed by atoms with Crippen molar-refractivity contribution >= 4 is 29.6 Å². The molecule has 158 valence electrons. The Kier molecular flexibility index (Phi) is 8.17. The van der Waals surface area contributed by atoms with Gasteiger partial charge in [0, 0.05) is 18.7 Å². The number of rotatable bonds is 8. The summed E-state index contributed by atoms with van der Waals surface area (Å²) in [5, 5.41) is 0. The standard InChI is InChI=1S/C23H28N4O3/c1-4-16(3)27(5-2)21(28)15-8-17-6-13-20(14-7-17)30-22(29)18-9-11-19(12-10-18)26-23(24)25/h6-16H,4-5H2,1-3H3,(H4,24,25,26)/b15-8+. The average molecular weight is 409 g/mol. The molecule has 4 N–H and O–H groups in total. The second kappa shape index (κ2) is 10.8. The SMILES string of the molecule is CCC(C)N(CC)C(=O)/C=C/c1ccc(OC(=O)c2ccc(N=C(N)N)cc2)cc1. The molecule has 0 fully saturated rings.